The summed E-state index contributed by atoms with van der Waals surface area (Å²) in [5.41, 5.74) is -0.616. The molecule has 2 aliphatic rings. The van der Waals surface area contributed by atoms with Gasteiger partial charge in [-0.05, 0) is 26.0 Å². The van der Waals surface area contributed by atoms with E-state index in [9.17, 15) is 14.4 Å². The Morgan fingerprint density at radius 2 is 2.00 bits per heavy atom. The van der Waals surface area contributed by atoms with Crippen molar-refractivity contribution in [3.05, 3.63) is 30.3 Å². The Bertz CT molecular complexity index is 630. The molecule has 2 aliphatic heterocycles. The first-order valence-electron chi connectivity index (χ1n) is 7.35. The lowest BCUT2D eigenvalue weighted by atomic mass is 9.83. The second-order valence-corrected chi connectivity index (χ2v) is 5.74. The molecule has 0 spiro atoms. The highest BCUT2D eigenvalue weighted by molar-refractivity contribution is 6.24. The number of fused-ring (bicyclic) bond motifs is 1. The number of carbonyl (C=O) groups excluding carboxylic acids is 3. The summed E-state index contributed by atoms with van der Waals surface area (Å²) >= 11 is 0. The maximum absolute atomic E-state index is 12.8. The van der Waals surface area contributed by atoms with Crippen LogP contribution in [0.1, 0.15) is 13.8 Å². The lowest BCUT2D eigenvalue weighted by Gasteiger charge is -2.27. The molecule has 2 saturated heterocycles. The molecule has 3 atom stereocenters. The van der Waals surface area contributed by atoms with Crippen LogP contribution in [-0.2, 0) is 19.1 Å². The fourth-order valence-corrected chi connectivity index (χ4v) is 3.33. The van der Waals surface area contributed by atoms with Crippen LogP contribution in [0.2, 0.25) is 0 Å². The second-order valence-electron chi connectivity index (χ2n) is 5.74. The average Bonchev–Trinajstić information content (AvgIpc) is 2.99. The van der Waals surface area contributed by atoms with Crippen molar-refractivity contribution in [1.82, 2.24) is 5.32 Å². The topological polar surface area (TPSA) is 75.7 Å². The number of nitrogens with one attached hydrogen (secondary N) is 1. The lowest BCUT2D eigenvalue weighted by Crippen LogP contribution is -2.53. The minimum atomic E-state index is -1.16. The summed E-state index contributed by atoms with van der Waals surface area (Å²) in [6.45, 7) is 3.88. The van der Waals surface area contributed by atoms with Crippen molar-refractivity contribution in [2.75, 3.05) is 18.1 Å². The van der Waals surface area contributed by atoms with E-state index in [1.807, 2.05) is 6.07 Å². The Morgan fingerprint density at radius 3 is 2.64 bits per heavy atom. The van der Waals surface area contributed by atoms with E-state index in [2.05, 4.69) is 5.32 Å². The number of carbonyl (C=O) groups is 3. The number of amides is 2. The fraction of sp³-hybridized carbons (Fsp3) is 0.438. The molecule has 0 aromatic heterocycles. The summed E-state index contributed by atoms with van der Waals surface area (Å²) in [6.07, 6.45) is 0. The van der Waals surface area contributed by atoms with Gasteiger partial charge in [-0.3, -0.25) is 14.4 Å². The van der Waals surface area contributed by atoms with E-state index < -0.39 is 23.3 Å². The molecule has 3 rings (SSSR count). The maximum Gasteiger partial charge on any atom is 0.326 e. The highest BCUT2D eigenvalue weighted by Gasteiger charge is 2.63. The molecule has 0 radical (unpaired) electrons. The lowest BCUT2D eigenvalue weighted by molar-refractivity contribution is -0.153. The summed E-state index contributed by atoms with van der Waals surface area (Å²) < 4.78 is 5.08. The molecule has 2 unspecified atom stereocenters. The van der Waals surface area contributed by atoms with Crippen LogP contribution >= 0.6 is 0 Å². The van der Waals surface area contributed by atoms with E-state index in [0.29, 0.717) is 12.2 Å². The predicted octanol–water partition coefficient (Wildman–Crippen LogP) is 0.717. The molecule has 0 saturated carbocycles. The van der Waals surface area contributed by atoms with Crippen LogP contribution in [0, 0.1) is 11.8 Å². The standard InChI is InChI=1S/C16H18N2O4/c1-3-22-15(21)16(2)12-11(9-17-16)13(19)18(14(12)20)10-7-5-4-6-8-10/h4-8,11-12,17H,3,9H2,1-2H3/t11?,12?,16-/m0/s1. The van der Waals surface area contributed by atoms with E-state index in [1.54, 1.807) is 38.1 Å². The van der Waals surface area contributed by atoms with Crippen molar-refractivity contribution in [1.29, 1.82) is 0 Å². The van der Waals surface area contributed by atoms with Gasteiger partial charge in [0, 0.05) is 6.54 Å². The molecule has 1 aromatic carbocycles. The summed E-state index contributed by atoms with van der Waals surface area (Å²) in [6, 6.07) is 8.79. The fourth-order valence-electron chi connectivity index (χ4n) is 3.33. The summed E-state index contributed by atoms with van der Waals surface area (Å²) in [5, 5.41) is 3.01. The number of ether oxygens (including phenoxy) is 1. The maximum atomic E-state index is 12.8. The summed E-state index contributed by atoms with van der Waals surface area (Å²) in [7, 11) is 0. The van der Waals surface area contributed by atoms with Gasteiger partial charge in [0.2, 0.25) is 11.8 Å². The van der Waals surface area contributed by atoms with Gasteiger partial charge >= 0.3 is 5.97 Å². The Kier molecular flexibility index (Phi) is 3.48. The molecule has 6 nitrogen and oxygen atoms in total. The predicted molar refractivity (Wildman–Crippen MR) is 79.0 cm³/mol. The molecular weight excluding hydrogens is 284 g/mol. The summed E-state index contributed by atoms with van der Waals surface area (Å²) in [4.78, 5) is 38.8. The smallest absolute Gasteiger partial charge is 0.326 e. The minimum Gasteiger partial charge on any atom is -0.465 e. The van der Waals surface area contributed by atoms with Crippen molar-refractivity contribution in [2.24, 2.45) is 11.8 Å². The highest BCUT2D eigenvalue weighted by atomic mass is 16.5. The van der Waals surface area contributed by atoms with Crippen molar-refractivity contribution < 1.29 is 19.1 Å². The first-order valence-corrected chi connectivity index (χ1v) is 7.35. The molecule has 1 N–H and O–H groups in total. The van der Waals surface area contributed by atoms with Gasteiger partial charge in [-0.2, -0.15) is 0 Å². The SMILES string of the molecule is CCOC(=O)[C@@]1(C)NCC2C(=O)N(c3ccccc3)C(=O)C21. The Morgan fingerprint density at radius 1 is 1.32 bits per heavy atom. The Labute approximate surface area is 128 Å². The minimum absolute atomic E-state index is 0.234. The van der Waals surface area contributed by atoms with Gasteiger partial charge in [0.05, 0.1) is 24.1 Å². The molecule has 2 fully saturated rings. The van der Waals surface area contributed by atoms with E-state index in [4.69, 9.17) is 4.74 Å². The number of rotatable bonds is 3. The Hall–Kier alpha value is -2.21. The number of nitrogens with zero attached hydrogens (tertiary/aromatic N) is 1. The second kappa shape index (κ2) is 5.21. The van der Waals surface area contributed by atoms with Gasteiger partial charge in [0.1, 0.15) is 5.54 Å². The van der Waals surface area contributed by atoms with Crippen LogP contribution in [0.3, 0.4) is 0 Å². The number of esters is 1. The molecular formula is C16H18N2O4. The monoisotopic (exact) mass is 302 g/mol. The van der Waals surface area contributed by atoms with Crippen LogP contribution in [0.15, 0.2) is 30.3 Å². The van der Waals surface area contributed by atoms with Crippen molar-refractivity contribution in [3.8, 4) is 0 Å². The zero-order valence-electron chi connectivity index (χ0n) is 12.5. The normalized spacial score (nSPS) is 30.5. The molecule has 22 heavy (non-hydrogen) atoms. The largest absolute Gasteiger partial charge is 0.465 e. The molecule has 2 amide bonds. The van der Waals surface area contributed by atoms with Crippen LogP contribution < -0.4 is 10.2 Å². The van der Waals surface area contributed by atoms with E-state index in [-0.39, 0.29) is 18.4 Å². The third-order valence-electron chi connectivity index (χ3n) is 4.45. The number of benzene rings is 1. The Balaban J connectivity index is 1.96. The quantitative estimate of drug-likeness (QED) is 0.657. The van der Waals surface area contributed by atoms with Crippen LogP contribution in [-0.4, -0.2) is 36.5 Å². The van der Waals surface area contributed by atoms with Crippen molar-refractivity contribution in [2.45, 2.75) is 19.4 Å². The number of imide groups is 1. The molecule has 0 bridgehead atoms. The summed E-state index contributed by atoms with van der Waals surface area (Å²) in [5.74, 6) is -2.34. The van der Waals surface area contributed by atoms with E-state index >= 15 is 0 Å². The van der Waals surface area contributed by atoms with Crippen molar-refractivity contribution >= 4 is 23.5 Å². The van der Waals surface area contributed by atoms with Gasteiger partial charge in [-0.15, -0.1) is 0 Å². The molecule has 1 aromatic rings. The number of hydrogen-bond acceptors (Lipinski definition) is 5. The molecule has 2 heterocycles. The number of anilines is 1. The van der Waals surface area contributed by atoms with E-state index in [1.165, 1.54) is 4.90 Å². The zero-order chi connectivity index (χ0) is 15.9. The van der Waals surface area contributed by atoms with Gasteiger partial charge < -0.3 is 10.1 Å². The zero-order valence-corrected chi connectivity index (χ0v) is 12.5. The molecule has 0 aliphatic carbocycles. The first kappa shape index (κ1) is 14.7. The van der Waals surface area contributed by atoms with Crippen LogP contribution in [0.25, 0.3) is 0 Å². The first-order chi connectivity index (χ1) is 10.5. The molecule has 116 valence electrons. The van der Waals surface area contributed by atoms with Gasteiger partial charge in [-0.25, -0.2) is 4.90 Å². The highest BCUT2D eigenvalue weighted by Crippen LogP contribution is 2.41. The van der Waals surface area contributed by atoms with Gasteiger partial charge in [0.15, 0.2) is 0 Å². The van der Waals surface area contributed by atoms with Crippen molar-refractivity contribution in [3.63, 3.8) is 0 Å². The number of hydrogen-bond donors (Lipinski definition) is 1. The van der Waals surface area contributed by atoms with Crippen LogP contribution in [0.4, 0.5) is 5.69 Å². The average molecular weight is 302 g/mol. The van der Waals surface area contributed by atoms with E-state index in [0.717, 1.165) is 0 Å². The number of para-hydroxylation sites is 1. The third kappa shape index (κ3) is 1.94. The van der Waals surface area contributed by atoms with Gasteiger partial charge in [0.25, 0.3) is 0 Å². The van der Waals surface area contributed by atoms with Crippen LogP contribution in [0.5, 0.6) is 0 Å². The third-order valence-corrected chi connectivity index (χ3v) is 4.45. The molecule has 6 heteroatoms. The van der Waals surface area contributed by atoms with Gasteiger partial charge in [-0.1, -0.05) is 18.2 Å².